The van der Waals surface area contributed by atoms with Gasteiger partial charge in [-0.3, -0.25) is 9.10 Å². The molecular formula is C25H26N2O4S. The highest BCUT2D eigenvalue weighted by Gasteiger charge is 2.29. The van der Waals surface area contributed by atoms with E-state index in [0.29, 0.717) is 17.9 Å². The number of methoxy groups -OCH3 is 1. The number of sulfonamides is 1. The molecule has 0 saturated carbocycles. The third kappa shape index (κ3) is 4.62. The van der Waals surface area contributed by atoms with E-state index in [-0.39, 0.29) is 17.2 Å². The normalized spacial score (nSPS) is 13.4. The number of ether oxygens (including phenoxy) is 1. The van der Waals surface area contributed by atoms with Crippen molar-refractivity contribution in [3.05, 3.63) is 83.4 Å². The summed E-state index contributed by atoms with van der Waals surface area (Å²) >= 11 is 0. The summed E-state index contributed by atoms with van der Waals surface area (Å²) in [6, 6.07) is 19.7. The number of amides is 1. The molecular weight excluding hydrogens is 424 g/mol. The van der Waals surface area contributed by atoms with Crippen molar-refractivity contribution in [3.8, 4) is 5.75 Å². The zero-order chi connectivity index (χ0) is 22.7. The lowest BCUT2D eigenvalue weighted by atomic mass is 10.0. The summed E-state index contributed by atoms with van der Waals surface area (Å²) in [6.07, 6.45) is 1.73. The minimum atomic E-state index is -3.64. The maximum atomic E-state index is 13.2. The summed E-state index contributed by atoms with van der Waals surface area (Å²) in [7, 11) is -2.04. The quantitative estimate of drug-likeness (QED) is 0.607. The number of anilines is 2. The molecule has 0 atom stereocenters. The molecule has 4 rings (SSSR count). The number of carbonyl (C=O) groups excluding carboxylic acids is 1. The van der Waals surface area contributed by atoms with Crippen molar-refractivity contribution < 1.29 is 17.9 Å². The number of nitrogens with zero attached hydrogens (tertiary/aromatic N) is 1. The van der Waals surface area contributed by atoms with Gasteiger partial charge in [-0.1, -0.05) is 29.8 Å². The number of hydrogen-bond acceptors (Lipinski definition) is 4. The highest BCUT2D eigenvalue weighted by Crippen LogP contribution is 2.34. The molecule has 0 aromatic heterocycles. The molecule has 0 fully saturated rings. The Hall–Kier alpha value is -3.32. The summed E-state index contributed by atoms with van der Waals surface area (Å²) in [4.78, 5) is 12.8. The van der Waals surface area contributed by atoms with Crippen molar-refractivity contribution in [2.24, 2.45) is 0 Å². The molecule has 0 unspecified atom stereocenters. The summed E-state index contributed by atoms with van der Waals surface area (Å²) in [6.45, 7) is 2.36. The van der Waals surface area contributed by atoms with Gasteiger partial charge in [0, 0.05) is 12.2 Å². The van der Waals surface area contributed by atoms with E-state index in [1.54, 1.807) is 43.5 Å². The predicted octanol–water partition coefficient (Wildman–Crippen LogP) is 4.33. The van der Waals surface area contributed by atoms with Crippen LogP contribution in [0.3, 0.4) is 0 Å². The highest BCUT2D eigenvalue weighted by molar-refractivity contribution is 7.92. The number of benzene rings is 3. The Kier molecular flexibility index (Phi) is 6.19. The monoisotopic (exact) mass is 450 g/mol. The van der Waals surface area contributed by atoms with Gasteiger partial charge in [-0.05, 0) is 73.4 Å². The third-order valence-electron chi connectivity index (χ3n) is 5.57. The molecule has 3 aromatic carbocycles. The van der Waals surface area contributed by atoms with E-state index in [1.807, 2.05) is 37.3 Å². The molecule has 0 spiro atoms. The van der Waals surface area contributed by atoms with Crippen LogP contribution in [-0.2, 0) is 27.7 Å². The van der Waals surface area contributed by atoms with Crippen LogP contribution in [0.15, 0.2) is 71.6 Å². The number of fused-ring (bicyclic) bond motifs is 1. The van der Waals surface area contributed by atoms with Crippen molar-refractivity contribution in [1.29, 1.82) is 0 Å². The molecule has 1 heterocycles. The molecule has 0 aliphatic carbocycles. The molecule has 1 amide bonds. The second-order valence-electron chi connectivity index (χ2n) is 7.91. The summed E-state index contributed by atoms with van der Waals surface area (Å²) in [5, 5.41) is 2.92. The van der Waals surface area contributed by atoms with Crippen molar-refractivity contribution in [1.82, 2.24) is 0 Å². The van der Waals surface area contributed by atoms with Gasteiger partial charge in [-0.25, -0.2) is 8.42 Å². The fourth-order valence-corrected chi connectivity index (χ4v) is 5.40. The first-order valence-electron chi connectivity index (χ1n) is 10.5. The van der Waals surface area contributed by atoms with Gasteiger partial charge in [0.25, 0.3) is 10.0 Å². The summed E-state index contributed by atoms with van der Waals surface area (Å²) in [5.74, 6) is 0.615. The summed E-state index contributed by atoms with van der Waals surface area (Å²) in [5.41, 5.74) is 4.14. The van der Waals surface area contributed by atoms with Crippen LogP contribution < -0.4 is 14.4 Å². The number of aryl methyl sites for hydroxylation is 2. The number of nitrogens with one attached hydrogen (secondary N) is 1. The van der Waals surface area contributed by atoms with E-state index in [0.717, 1.165) is 35.3 Å². The molecule has 0 radical (unpaired) electrons. The van der Waals surface area contributed by atoms with Crippen molar-refractivity contribution in [2.75, 3.05) is 23.3 Å². The van der Waals surface area contributed by atoms with Gasteiger partial charge in [-0.15, -0.1) is 0 Å². The van der Waals surface area contributed by atoms with Crippen LogP contribution in [0, 0.1) is 6.92 Å². The topological polar surface area (TPSA) is 75.7 Å². The van der Waals surface area contributed by atoms with Gasteiger partial charge in [0.15, 0.2) is 0 Å². The Bertz CT molecular complexity index is 1220. The summed E-state index contributed by atoms with van der Waals surface area (Å²) < 4.78 is 33.1. The Morgan fingerprint density at radius 3 is 2.44 bits per heavy atom. The first-order valence-corrected chi connectivity index (χ1v) is 12.0. The van der Waals surface area contributed by atoms with Crippen LogP contribution in [0.4, 0.5) is 11.4 Å². The SMILES string of the molecule is COc1ccc(CC(=O)Nc2ccc3c(c2)CCCN3S(=O)(=O)c2ccc(C)cc2)cc1. The molecule has 0 bridgehead atoms. The lowest BCUT2D eigenvalue weighted by molar-refractivity contribution is -0.115. The highest BCUT2D eigenvalue weighted by atomic mass is 32.2. The van der Waals surface area contributed by atoms with Crippen LogP contribution in [0.1, 0.15) is 23.1 Å². The smallest absolute Gasteiger partial charge is 0.264 e. The van der Waals surface area contributed by atoms with Crippen molar-refractivity contribution in [2.45, 2.75) is 31.1 Å². The number of carbonyl (C=O) groups is 1. The Morgan fingerprint density at radius 2 is 1.75 bits per heavy atom. The molecule has 32 heavy (non-hydrogen) atoms. The van der Waals surface area contributed by atoms with Crippen LogP contribution in [0.2, 0.25) is 0 Å². The standard InChI is InChI=1S/C25H26N2O4S/c1-18-5-12-23(13-6-18)32(29,30)27-15-3-4-20-17-21(9-14-24(20)27)26-25(28)16-19-7-10-22(31-2)11-8-19/h5-14,17H,3-4,15-16H2,1-2H3,(H,26,28). The molecule has 1 N–H and O–H groups in total. The van der Waals surface area contributed by atoms with Gasteiger partial charge in [-0.2, -0.15) is 0 Å². The van der Waals surface area contributed by atoms with Crippen molar-refractivity contribution >= 4 is 27.3 Å². The molecule has 3 aromatic rings. The lowest BCUT2D eigenvalue weighted by Gasteiger charge is -2.31. The third-order valence-corrected chi connectivity index (χ3v) is 7.40. The van der Waals surface area contributed by atoms with E-state index in [1.165, 1.54) is 4.31 Å². The van der Waals surface area contributed by atoms with Crippen LogP contribution in [0.5, 0.6) is 5.75 Å². The van der Waals surface area contributed by atoms with Gasteiger partial charge >= 0.3 is 0 Å². The molecule has 1 aliphatic rings. The van der Waals surface area contributed by atoms with E-state index >= 15 is 0 Å². The zero-order valence-corrected chi connectivity index (χ0v) is 19.0. The fourth-order valence-electron chi connectivity index (χ4n) is 3.86. The average molecular weight is 451 g/mol. The largest absolute Gasteiger partial charge is 0.497 e. The van der Waals surface area contributed by atoms with E-state index < -0.39 is 10.0 Å². The van der Waals surface area contributed by atoms with Crippen LogP contribution >= 0.6 is 0 Å². The maximum absolute atomic E-state index is 13.2. The van der Waals surface area contributed by atoms with E-state index in [2.05, 4.69) is 5.32 Å². The molecule has 0 saturated heterocycles. The molecule has 166 valence electrons. The van der Waals surface area contributed by atoms with Gasteiger partial charge in [0.2, 0.25) is 5.91 Å². The number of rotatable bonds is 6. The van der Waals surface area contributed by atoms with Gasteiger partial charge < -0.3 is 10.1 Å². The molecule has 6 nitrogen and oxygen atoms in total. The van der Waals surface area contributed by atoms with E-state index in [9.17, 15) is 13.2 Å². The average Bonchev–Trinajstić information content (AvgIpc) is 2.79. The Morgan fingerprint density at radius 1 is 1.03 bits per heavy atom. The molecule has 7 heteroatoms. The molecule has 1 aliphatic heterocycles. The number of hydrogen-bond donors (Lipinski definition) is 1. The fraction of sp³-hybridized carbons (Fsp3) is 0.240. The minimum absolute atomic E-state index is 0.130. The van der Waals surface area contributed by atoms with Gasteiger partial charge in [0.1, 0.15) is 5.75 Å². The van der Waals surface area contributed by atoms with Crippen LogP contribution in [-0.4, -0.2) is 28.0 Å². The Balaban J connectivity index is 1.51. The second kappa shape index (κ2) is 9.04. The van der Waals surface area contributed by atoms with Crippen LogP contribution in [0.25, 0.3) is 0 Å². The second-order valence-corrected chi connectivity index (χ2v) is 9.77. The van der Waals surface area contributed by atoms with E-state index in [4.69, 9.17) is 4.74 Å². The first-order chi connectivity index (χ1) is 15.4. The lowest BCUT2D eigenvalue weighted by Crippen LogP contribution is -2.35. The maximum Gasteiger partial charge on any atom is 0.264 e. The van der Waals surface area contributed by atoms with Gasteiger partial charge in [0.05, 0.1) is 24.1 Å². The predicted molar refractivity (Wildman–Crippen MR) is 126 cm³/mol. The minimum Gasteiger partial charge on any atom is -0.497 e. The van der Waals surface area contributed by atoms with Crippen molar-refractivity contribution in [3.63, 3.8) is 0 Å². The Labute approximate surface area is 188 Å². The zero-order valence-electron chi connectivity index (χ0n) is 18.2. The first kappa shape index (κ1) is 21.9.